The number of carbonyl (C=O) groups is 1. The minimum atomic E-state index is -0.462. The number of fused-ring (bicyclic) bond motifs is 1. The average molecular weight is 464 g/mol. The van der Waals surface area contributed by atoms with Crippen molar-refractivity contribution in [1.82, 2.24) is 15.3 Å². The predicted octanol–water partition coefficient (Wildman–Crippen LogP) is 2.53. The number of aryl methyl sites for hydroxylation is 1. The van der Waals surface area contributed by atoms with Crippen molar-refractivity contribution in [1.29, 1.82) is 0 Å². The molecule has 0 bridgehead atoms. The van der Waals surface area contributed by atoms with Crippen molar-refractivity contribution in [3.63, 3.8) is 0 Å². The van der Waals surface area contributed by atoms with Crippen LogP contribution < -0.4 is 19.9 Å². The summed E-state index contributed by atoms with van der Waals surface area (Å²) in [6, 6.07) is 9.99. The van der Waals surface area contributed by atoms with Gasteiger partial charge in [-0.2, -0.15) is 0 Å². The number of benzene rings is 1. The molecule has 8 nitrogen and oxygen atoms in total. The highest BCUT2D eigenvalue weighted by atomic mass is 19.1. The molecule has 2 N–H and O–H groups in total. The van der Waals surface area contributed by atoms with Crippen molar-refractivity contribution >= 4 is 17.5 Å². The number of nitrogens with one attached hydrogen (secondary N) is 1. The van der Waals surface area contributed by atoms with Crippen LogP contribution in [0.25, 0.3) is 11.3 Å². The Morgan fingerprint density at radius 3 is 2.88 bits per heavy atom. The van der Waals surface area contributed by atoms with Crippen LogP contribution in [0.2, 0.25) is 0 Å². The van der Waals surface area contributed by atoms with E-state index in [1.54, 1.807) is 23.1 Å². The molecule has 1 saturated heterocycles. The average Bonchev–Trinajstić information content (AvgIpc) is 3.20. The number of aromatic nitrogens is 2. The summed E-state index contributed by atoms with van der Waals surface area (Å²) in [5, 5.41) is 13.1. The second-order valence-electron chi connectivity index (χ2n) is 8.49. The lowest BCUT2D eigenvalue weighted by Gasteiger charge is -2.36. The third kappa shape index (κ3) is 3.76. The Balaban J connectivity index is 1.55. The first-order chi connectivity index (χ1) is 16.5. The molecule has 1 atom stereocenters. The highest BCUT2D eigenvalue weighted by Gasteiger charge is 2.34. The van der Waals surface area contributed by atoms with Gasteiger partial charge in [0.2, 0.25) is 0 Å². The van der Waals surface area contributed by atoms with Gasteiger partial charge in [0.05, 0.1) is 37.6 Å². The SMILES string of the molecule is COc1cccc(F)c1-c1nccc2c1CN(c1cc(C)cc(N3CCNC[C@H]3CO)n1)C2=O. The van der Waals surface area contributed by atoms with Crippen LogP contribution in [-0.4, -0.2) is 60.4 Å². The number of methoxy groups -OCH3 is 1. The Labute approximate surface area is 197 Å². The highest BCUT2D eigenvalue weighted by molar-refractivity contribution is 6.10. The maximum atomic E-state index is 14.8. The summed E-state index contributed by atoms with van der Waals surface area (Å²) < 4.78 is 20.2. The lowest BCUT2D eigenvalue weighted by molar-refractivity contribution is 0.0996. The summed E-state index contributed by atoms with van der Waals surface area (Å²) in [4.78, 5) is 26.3. The van der Waals surface area contributed by atoms with Crippen molar-refractivity contribution in [2.24, 2.45) is 0 Å². The molecule has 2 aliphatic rings. The second-order valence-corrected chi connectivity index (χ2v) is 8.49. The molecule has 0 saturated carbocycles. The first-order valence-corrected chi connectivity index (χ1v) is 11.2. The Morgan fingerprint density at radius 2 is 2.09 bits per heavy atom. The van der Waals surface area contributed by atoms with E-state index < -0.39 is 5.82 Å². The summed E-state index contributed by atoms with van der Waals surface area (Å²) in [7, 11) is 1.48. The number of pyridine rings is 2. The van der Waals surface area contributed by atoms with E-state index in [0.717, 1.165) is 12.1 Å². The fourth-order valence-electron chi connectivity index (χ4n) is 4.67. The van der Waals surface area contributed by atoms with E-state index in [1.165, 1.54) is 19.4 Å². The fraction of sp³-hybridized carbons (Fsp3) is 0.320. The van der Waals surface area contributed by atoms with E-state index in [9.17, 15) is 14.3 Å². The molecule has 3 aromatic rings. The molecule has 9 heteroatoms. The van der Waals surface area contributed by atoms with Crippen LogP contribution in [0.15, 0.2) is 42.6 Å². The van der Waals surface area contributed by atoms with Crippen molar-refractivity contribution in [2.45, 2.75) is 19.5 Å². The van der Waals surface area contributed by atoms with Gasteiger partial charge in [-0.3, -0.25) is 14.7 Å². The van der Waals surface area contributed by atoms with Crippen LogP contribution >= 0.6 is 0 Å². The summed E-state index contributed by atoms with van der Waals surface area (Å²) in [5.41, 5.74) is 2.68. The normalized spacial score (nSPS) is 17.8. The molecule has 1 fully saturated rings. The van der Waals surface area contributed by atoms with Crippen molar-refractivity contribution in [3.8, 4) is 17.0 Å². The van der Waals surface area contributed by atoms with Crippen LogP contribution in [0.1, 0.15) is 21.5 Å². The lowest BCUT2D eigenvalue weighted by Crippen LogP contribution is -2.53. The van der Waals surface area contributed by atoms with Gasteiger partial charge in [-0.05, 0) is 42.8 Å². The zero-order valence-corrected chi connectivity index (χ0v) is 19.1. The van der Waals surface area contributed by atoms with Crippen LogP contribution in [0, 0.1) is 12.7 Å². The lowest BCUT2D eigenvalue weighted by atomic mass is 10.0. The maximum Gasteiger partial charge on any atom is 0.260 e. The number of ether oxygens (including phenoxy) is 1. The van der Waals surface area contributed by atoms with E-state index in [-0.39, 0.29) is 30.7 Å². The van der Waals surface area contributed by atoms with Crippen LogP contribution in [0.3, 0.4) is 0 Å². The van der Waals surface area contributed by atoms with Gasteiger partial charge in [0.1, 0.15) is 23.2 Å². The van der Waals surface area contributed by atoms with Crippen LogP contribution in [0.4, 0.5) is 16.0 Å². The number of aliphatic hydroxyl groups excluding tert-OH is 1. The number of carbonyl (C=O) groups excluding carboxylic acids is 1. The Kier molecular flexibility index (Phi) is 5.89. The number of anilines is 2. The van der Waals surface area contributed by atoms with Crippen molar-refractivity contribution in [2.75, 3.05) is 43.2 Å². The molecule has 34 heavy (non-hydrogen) atoms. The number of aliphatic hydroxyl groups is 1. The summed E-state index contributed by atoms with van der Waals surface area (Å²) in [6.45, 7) is 4.33. The zero-order valence-electron chi connectivity index (χ0n) is 19.1. The number of hydrogen-bond donors (Lipinski definition) is 2. The third-order valence-corrected chi connectivity index (χ3v) is 6.35. The molecule has 1 aromatic carbocycles. The molecule has 0 radical (unpaired) electrons. The quantitative estimate of drug-likeness (QED) is 0.601. The molecule has 176 valence electrons. The zero-order chi connectivity index (χ0) is 23.8. The minimum absolute atomic E-state index is 0.00550. The summed E-state index contributed by atoms with van der Waals surface area (Å²) in [6.07, 6.45) is 1.52. The fourth-order valence-corrected chi connectivity index (χ4v) is 4.67. The first-order valence-electron chi connectivity index (χ1n) is 11.2. The minimum Gasteiger partial charge on any atom is -0.496 e. The number of piperazine rings is 1. The van der Waals surface area contributed by atoms with E-state index >= 15 is 0 Å². The maximum absolute atomic E-state index is 14.8. The van der Waals surface area contributed by atoms with Gasteiger partial charge in [-0.15, -0.1) is 0 Å². The molecule has 1 amide bonds. The van der Waals surface area contributed by atoms with E-state index in [0.29, 0.717) is 47.3 Å². The molecule has 4 heterocycles. The number of nitrogens with zero attached hydrogens (tertiary/aromatic N) is 4. The number of rotatable bonds is 5. The van der Waals surface area contributed by atoms with Gasteiger partial charge in [-0.1, -0.05) is 6.07 Å². The topological polar surface area (TPSA) is 90.8 Å². The first kappa shape index (κ1) is 22.2. The van der Waals surface area contributed by atoms with E-state index in [2.05, 4.69) is 15.2 Å². The molecule has 5 rings (SSSR count). The van der Waals surface area contributed by atoms with E-state index in [1.807, 2.05) is 19.1 Å². The summed E-state index contributed by atoms with van der Waals surface area (Å²) in [5.74, 6) is 0.913. The predicted molar refractivity (Wildman–Crippen MR) is 127 cm³/mol. The smallest absolute Gasteiger partial charge is 0.260 e. The Bertz CT molecular complexity index is 1250. The molecule has 2 aliphatic heterocycles. The molecule has 2 aromatic heterocycles. The summed E-state index contributed by atoms with van der Waals surface area (Å²) >= 11 is 0. The van der Waals surface area contributed by atoms with Gasteiger partial charge in [0.25, 0.3) is 5.91 Å². The Morgan fingerprint density at radius 1 is 1.26 bits per heavy atom. The van der Waals surface area contributed by atoms with Crippen molar-refractivity contribution < 1.29 is 19.0 Å². The molecular formula is C25H26FN5O3. The standard InChI is InChI=1S/C25H26FN5O3/c1-15-10-21(30-9-8-27-12-16(30)14-32)29-22(11-15)31-13-18-17(25(31)33)6-7-28-24(18)23-19(26)4-3-5-20(23)34-2/h3-7,10-11,16,27,32H,8-9,12-14H2,1-2H3/t16-/m0/s1. The van der Waals surface area contributed by atoms with Gasteiger partial charge >= 0.3 is 0 Å². The van der Waals surface area contributed by atoms with Crippen LogP contribution in [-0.2, 0) is 6.54 Å². The highest BCUT2D eigenvalue weighted by Crippen LogP contribution is 2.38. The molecule has 0 spiro atoms. The van der Waals surface area contributed by atoms with Gasteiger partial charge < -0.3 is 20.1 Å². The monoisotopic (exact) mass is 463 g/mol. The number of hydrogen-bond acceptors (Lipinski definition) is 7. The number of amides is 1. The molecular weight excluding hydrogens is 437 g/mol. The number of halogens is 1. The Hall–Kier alpha value is -3.56. The third-order valence-electron chi connectivity index (χ3n) is 6.35. The largest absolute Gasteiger partial charge is 0.496 e. The van der Waals surface area contributed by atoms with Crippen molar-refractivity contribution in [3.05, 3.63) is 65.1 Å². The second kappa shape index (κ2) is 9.00. The van der Waals surface area contributed by atoms with E-state index in [4.69, 9.17) is 9.72 Å². The molecule has 0 aliphatic carbocycles. The van der Waals surface area contributed by atoms with Gasteiger partial charge in [-0.25, -0.2) is 9.37 Å². The van der Waals surface area contributed by atoms with Gasteiger partial charge in [0.15, 0.2) is 0 Å². The molecule has 0 unspecified atom stereocenters. The van der Waals surface area contributed by atoms with Gasteiger partial charge in [0, 0.05) is 37.0 Å². The van der Waals surface area contributed by atoms with Crippen LogP contribution in [0.5, 0.6) is 5.75 Å².